The second-order valence-corrected chi connectivity index (χ2v) is 9.06. The highest BCUT2D eigenvalue weighted by molar-refractivity contribution is 6.20. The average molecular weight is 417 g/mol. The Balaban J connectivity index is 2.05. The van der Waals surface area contributed by atoms with Gasteiger partial charge in [0.2, 0.25) is 0 Å². The zero-order chi connectivity index (χ0) is 22.3. The van der Waals surface area contributed by atoms with Crippen LogP contribution in [0.1, 0.15) is 38.2 Å². The van der Waals surface area contributed by atoms with Crippen molar-refractivity contribution in [1.82, 2.24) is 14.3 Å². The second kappa shape index (κ2) is 7.69. The van der Waals surface area contributed by atoms with Crippen molar-refractivity contribution >= 4 is 33.4 Å². The lowest BCUT2D eigenvalue weighted by atomic mass is 9.97. The molecule has 1 amide bonds. The minimum absolute atomic E-state index is 0.167. The van der Waals surface area contributed by atoms with E-state index in [0.717, 1.165) is 16.6 Å². The lowest BCUT2D eigenvalue weighted by Gasteiger charge is -2.23. The molecule has 0 saturated heterocycles. The number of hydrogen-bond donors (Lipinski definition) is 0. The molecule has 2 aromatic heterocycles. The number of amides is 1. The summed E-state index contributed by atoms with van der Waals surface area (Å²) in [5, 5.41) is 6.12. The van der Waals surface area contributed by atoms with Crippen LogP contribution < -0.4 is 10.5 Å². The molecule has 2 heterocycles. The van der Waals surface area contributed by atoms with E-state index in [1.807, 2.05) is 73.1 Å². The van der Waals surface area contributed by atoms with Crippen LogP contribution in [-0.4, -0.2) is 26.8 Å². The molecule has 0 spiro atoms. The molecule has 6 heteroatoms. The predicted molar refractivity (Wildman–Crippen MR) is 126 cm³/mol. The summed E-state index contributed by atoms with van der Waals surface area (Å²) in [6.07, 6.45) is 0. The molecule has 0 bridgehead atoms. The maximum atomic E-state index is 13.8. The van der Waals surface area contributed by atoms with Gasteiger partial charge < -0.3 is 9.47 Å². The summed E-state index contributed by atoms with van der Waals surface area (Å²) >= 11 is 0. The van der Waals surface area contributed by atoms with E-state index in [4.69, 9.17) is 0 Å². The van der Waals surface area contributed by atoms with Crippen LogP contribution in [0.5, 0.6) is 0 Å². The first-order chi connectivity index (χ1) is 14.7. The number of carbonyl (C=O) groups is 1. The monoisotopic (exact) mass is 416 g/mol. The molecule has 4 aromatic rings. The van der Waals surface area contributed by atoms with Crippen LogP contribution in [0.2, 0.25) is 0 Å². The number of benzene rings is 2. The number of anilines is 1. The number of nitrogens with zero attached hydrogens (tertiary/aromatic N) is 4. The molecule has 31 heavy (non-hydrogen) atoms. The van der Waals surface area contributed by atoms with Gasteiger partial charge in [0.1, 0.15) is 5.52 Å². The maximum absolute atomic E-state index is 13.8. The first kappa shape index (κ1) is 20.8. The Kier molecular flexibility index (Phi) is 5.17. The van der Waals surface area contributed by atoms with Gasteiger partial charge in [0, 0.05) is 42.1 Å². The van der Waals surface area contributed by atoms with Gasteiger partial charge >= 0.3 is 0 Å². The molecular formula is C25H28N4O2. The van der Waals surface area contributed by atoms with Gasteiger partial charge in [-0.1, -0.05) is 57.2 Å². The lowest BCUT2D eigenvalue weighted by molar-refractivity contribution is 0.0982. The molecule has 0 atom stereocenters. The zero-order valence-corrected chi connectivity index (χ0v) is 18.7. The van der Waals surface area contributed by atoms with Gasteiger partial charge in [-0.3, -0.25) is 9.59 Å². The van der Waals surface area contributed by atoms with E-state index in [9.17, 15) is 9.59 Å². The van der Waals surface area contributed by atoms with E-state index < -0.39 is 0 Å². The van der Waals surface area contributed by atoms with E-state index in [2.05, 4.69) is 25.9 Å². The van der Waals surface area contributed by atoms with Gasteiger partial charge in [-0.05, 0) is 30.5 Å². The fraction of sp³-hybridized carbons (Fsp3) is 0.320. The molecule has 0 unspecified atom stereocenters. The van der Waals surface area contributed by atoms with Crippen LogP contribution in [0.25, 0.3) is 21.8 Å². The number of aromatic nitrogens is 3. The van der Waals surface area contributed by atoms with Crippen molar-refractivity contribution in [3.8, 4) is 0 Å². The van der Waals surface area contributed by atoms with Crippen LogP contribution >= 0.6 is 0 Å². The molecule has 4 rings (SSSR count). The summed E-state index contributed by atoms with van der Waals surface area (Å²) in [7, 11) is 1.87. The third kappa shape index (κ3) is 3.63. The molecular weight excluding hydrogens is 388 g/mol. The molecule has 0 fully saturated rings. The summed E-state index contributed by atoms with van der Waals surface area (Å²) in [4.78, 5) is 29.0. The molecule has 160 valence electrons. The minimum atomic E-state index is -0.210. The van der Waals surface area contributed by atoms with Crippen LogP contribution in [0, 0.1) is 5.41 Å². The van der Waals surface area contributed by atoms with E-state index >= 15 is 0 Å². The standard InChI is InChI=1S/C25H28N4O2/c1-6-28(17-12-8-7-9-13-17)23(30)21-20-18-14-10-11-15-19(18)27(5)22(20)24(31)29(26-21)16-25(2,3)4/h7-15H,6,16H2,1-5H3. The van der Waals surface area contributed by atoms with Crippen molar-refractivity contribution in [1.29, 1.82) is 0 Å². The van der Waals surface area contributed by atoms with E-state index in [1.165, 1.54) is 4.68 Å². The van der Waals surface area contributed by atoms with Gasteiger partial charge in [-0.2, -0.15) is 5.10 Å². The Morgan fingerprint density at radius 2 is 1.68 bits per heavy atom. The Morgan fingerprint density at radius 3 is 2.32 bits per heavy atom. The highest BCUT2D eigenvalue weighted by atomic mass is 16.2. The Labute approximate surface area is 181 Å². The van der Waals surface area contributed by atoms with Crippen molar-refractivity contribution in [2.24, 2.45) is 12.5 Å². The summed E-state index contributed by atoms with van der Waals surface area (Å²) < 4.78 is 3.33. The highest BCUT2D eigenvalue weighted by Gasteiger charge is 2.27. The maximum Gasteiger partial charge on any atom is 0.291 e. The lowest BCUT2D eigenvalue weighted by Crippen LogP contribution is -2.36. The van der Waals surface area contributed by atoms with E-state index in [0.29, 0.717) is 29.7 Å². The van der Waals surface area contributed by atoms with Crippen molar-refractivity contribution in [3.05, 3.63) is 70.6 Å². The largest absolute Gasteiger partial charge is 0.339 e. The number of rotatable bonds is 4. The van der Waals surface area contributed by atoms with Crippen molar-refractivity contribution in [2.75, 3.05) is 11.4 Å². The smallest absolute Gasteiger partial charge is 0.291 e. The van der Waals surface area contributed by atoms with Crippen LogP contribution in [-0.2, 0) is 13.6 Å². The summed E-state index contributed by atoms with van der Waals surface area (Å²) in [6, 6.07) is 17.3. The summed E-state index contributed by atoms with van der Waals surface area (Å²) in [5.41, 5.74) is 2.18. The first-order valence-electron chi connectivity index (χ1n) is 10.6. The first-order valence-corrected chi connectivity index (χ1v) is 10.6. The number of para-hydroxylation sites is 2. The Bertz CT molecular complexity index is 1330. The summed E-state index contributed by atoms with van der Waals surface area (Å²) in [5.74, 6) is -0.210. The molecule has 2 aromatic carbocycles. The van der Waals surface area contributed by atoms with Gasteiger partial charge in [0.05, 0.1) is 0 Å². The van der Waals surface area contributed by atoms with Gasteiger partial charge in [0.25, 0.3) is 11.5 Å². The third-order valence-electron chi connectivity index (χ3n) is 5.46. The SMILES string of the molecule is CCN(C(=O)c1nn(CC(C)(C)C)c(=O)c2c1c1ccccc1n2C)c1ccccc1. The molecule has 6 nitrogen and oxygen atoms in total. The van der Waals surface area contributed by atoms with Crippen LogP contribution in [0.4, 0.5) is 5.69 Å². The predicted octanol–water partition coefficient (Wildman–Crippen LogP) is 4.60. The number of carbonyl (C=O) groups excluding carboxylic acids is 1. The molecule has 0 aliphatic carbocycles. The molecule has 0 radical (unpaired) electrons. The normalized spacial score (nSPS) is 11.9. The van der Waals surface area contributed by atoms with Gasteiger partial charge in [0.15, 0.2) is 5.69 Å². The van der Waals surface area contributed by atoms with Gasteiger partial charge in [-0.15, -0.1) is 0 Å². The average Bonchev–Trinajstić information content (AvgIpc) is 3.04. The van der Waals surface area contributed by atoms with Crippen molar-refractivity contribution in [2.45, 2.75) is 34.2 Å². The van der Waals surface area contributed by atoms with E-state index in [-0.39, 0.29) is 16.9 Å². The van der Waals surface area contributed by atoms with Crippen LogP contribution in [0.15, 0.2) is 59.4 Å². The third-order valence-corrected chi connectivity index (χ3v) is 5.46. The second-order valence-electron chi connectivity index (χ2n) is 9.06. The number of hydrogen-bond acceptors (Lipinski definition) is 3. The molecule has 0 N–H and O–H groups in total. The van der Waals surface area contributed by atoms with Crippen LogP contribution in [0.3, 0.4) is 0 Å². The van der Waals surface area contributed by atoms with Crippen molar-refractivity contribution < 1.29 is 4.79 Å². The van der Waals surface area contributed by atoms with Crippen molar-refractivity contribution in [3.63, 3.8) is 0 Å². The number of aryl methyl sites for hydroxylation is 1. The Hall–Kier alpha value is -3.41. The molecule has 0 aliphatic rings. The Morgan fingerprint density at radius 1 is 1.03 bits per heavy atom. The fourth-order valence-corrected chi connectivity index (χ4v) is 4.11. The molecule has 0 aliphatic heterocycles. The topological polar surface area (TPSA) is 60.1 Å². The van der Waals surface area contributed by atoms with E-state index in [1.54, 1.807) is 4.90 Å². The quantitative estimate of drug-likeness (QED) is 0.488. The zero-order valence-electron chi connectivity index (χ0n) is 18.7. The van der Waals surface area contributed by atoms with Gasteiger partial charge in [-0.25, -0.2) is 4.68 Å². The fourth-order valence-electron chi connectivity index (χ4n) is 4.11. The number of fused-ring (bicyclic) bond motifs is 3. The highest BCUT2D eigenvalue weighted by Crippen LogP contribution is 2.30. The minimum Gasteiger partial charge on any atom is -0.339 e. The molecule has 0 saturated carbocycles. The summed E-state index contributed by atoms with van der Waals surface area (Å²) in [6.45, 7) is 9.01.